The monoisotopic (exact) mass is 360 g/mol. The number of aliphatic imine (C=N–C) groups is 1. The second kappa shape index (κ2) is 6.25. The van der Waals surface area contributed by atoms with E-state index in [0.717, 1.165) is 23.1 Å². The topological polar surface area (TPSA) is 71.0 Å². The number of hydrogen-bond donors (Lipinski definition) is 0. The van der Waals surface area contributed by atoms with Crippen molar-refractivity contribution in [2.24, 2.45) is 4.99 Å². The fourth-order valence-electron chi connectivity index (χ4n) is 3.22. The van der Waals surface area contributed by atoms with E-state index in [-0.39, 0.29) is 0 Å². The largest absolute Gasteiger partial charge is 0.296 e. The minimum Gasteiger partial charge on any atom is -0.296 e. The Kier molecular flexibility index (Phi) is 3.90. The van der Waals surface area contributed by atoms with Crippen LogP contribution in [0.4, 0.5) is 0 Å². The number of hydrogen-bond acceptors (Lipinski definition) is 4. The molecule has 6 heteroatoms. The smallest absolute Gasteiger partial charge is 0.168 e. The Morgan fingerprint density at radius 1 is 1.23 bits per heavy atom. The first kappa shape index (κ1) is 16.2. The summed E-state index contributed by atoms with van der Waals surface area (Å²) in [6.07, 6.45) is 0.800. The van der Waals surface area contributed by atoms with Gasteiger partial charge < -0.3 is 0 Å². The lowest BCUT2D eigenvalue weighted by atomic mass is 9.98. The van der Waals surface area contributed by atoms with Crippen LogP contribution in [0.2, 0.25) is 5.02 Å². The van der Waals surface area contributed by atoms with Crippen LogP contribution < -0.4 is 0 Å². The van der Waals surface area contributed by atoms with Gasteiger partial charge >= 0.3 is 0 Å². The average Bonchev–Trinajstić information content (AvgIpc) is 2.89. The lowest BCUT2D eigenvalue weighted by molar-refractivity contribution is 0.111. The molecule has 5 nitrogen and oxygen atoms in total. The predicted octanol–water partition coefficient (Wildman–Crippen LogP) is 3.87. The zero-order valence-corrected chi connectivity index (χ0v) is 14.7. The van der Waals surface area contributed by atoms with Gasteiger partial charge in [0.25, 0.3) is 0 Å². The van der Waals surface area contributed by atoms with E-state index in [0.29, 0.717) is 40.1 Å². The highest BCUT2D eigenvalue weighted by Gasteiger charge is 2.24. The molecule has 0 N–H and O–H groups in total. The minimum atomic E-state index is 0.311. The summed E-state index contributed by atoms with van der Waals surface area (Å²) in [5.41, 5.74) is 4.62. The fraction of sp³-hybridized carbons (Fsp3) is 0.100. The molecule has 0 radical (unpaired) electrons. The predicted molar refractivity (Wildman–Crippen MR) is 99.2 cm³/mol. The van der Waals surface area contributed by atoms with Crippen LogP contribution in [0.5, 0.6) is 0 Å². The molecule has 126 valence electrons. The number of aldehydes is 1. The van der Waals surface area contributed by atoms with Crippen LogP contribution in [0, 0.1) is 18.3 Å². The molecule has 0 amide bonds. The van der Waals surface area contributed by atoms with Crippen molar-refractivity contribution in [3.63, 3.8) is 0 Å². The van der Waals surface area contributed by atoms with Gasteiger partial charge in [-0.3, -0.25) is 14.4 Å². The number of imidazole rings is 1. The maximum Gasteiger partial charge on any atom is 0.168 e. The first-order valence-electron chi connectivity index (χ1n) is 8.01. The Balaban J connectivity index is 2.06. The SMILES string of the molecule is Cc1nc2n(c1C=O)-c1ccc(C#N)cc1C(c1ccccc1Cl)=NC2. The average molecular weight is 361 g/mol. The van der Waals surface area contributed by atoms with Gasteiger partial charge in [0.15, 0.2) is 6.29 Å². The summed E-state index contributed by atoms with van der Waals surface area (Å²) in [4.78, 5) is 20.9. The number of carbonyl (C=O) groups excluding carboxylic acids is 1. The van der Waals surface area contributed by atoms with Gasteiger partial charge in [0, 0.05) is 16.1 Å². The molecule has 1 aromatic heterocycles. The maximum atomic E-state index is 11.6. The molecule has 0 bridgehead atoms. The van der Waals surface area contributed by atoms with E-state index >= 15 is 0 Å². The summed E-state index contributed by atoms with van der Waals surface area (Å²) in [7, 11) is 0. The van der Waals surface area contributed by atoms with Gasteiger partial charge in [0.05, 0.1) is 35.3 Å². The number of nitriles is 1. The fourth-order valence-corrected chi connectivity index (χ4v) is 3.45. The van der Waals surface area contributed by atoms with Gasteiger partial charge in [-0.25, -0.2) is 4.98 Å². The molecule has 1 aliphatic rings. The van der Waals surface area contributed by atoms with Crippen molar-refractivity contribution in [3.8, 4) is 11.8 Å². The van der Waals surface area contributed by atoms with Gasteiger partial charge in [-0.2, -0.15) is 5.26 Å². The summed E-state index contributed by atoms with van der Waals surface area (Å²) in [6, 6.07) is 14.9. The Bertz CT molecular complexity index is 1120. The molecular formula is C20H13ClN4O. The number of benzene rings is 2. The van der Waals surface area contributed by atoms with Crippen LogP contribution in [-0.2, 0) is 6.54 Å². The normalized spacial score (nSPS) is 12.4. The number of aromatic nitrogens is 2. The van der Waals surface area contributed by atoms with Gasteiger partial charge in [-0.15, -0.1) is 0 Å². The van der Waals surface area contributed by atoms with Crippen LogP contribution in [0.3, 0.4) is 0 Å². The molecule has 0 atom stereocenters. The number of carbonyl (C=O) groups is 1. The van der Waals surface area contributed by atoms with E-state index in [1.807, 2.05) is 28.8 Å². The zero-order chi connectivity index (χ0) is 18.3. The summed E-state index contributed by atoms with van der Waals surface area (Å²) < 4.78 is 1.81. The van der Waals surface area contributed by atoms with Crippen molar-refractivity contribution in [2.75, 3.05) is 0 Å². The first-order chi connectivity index (χ1) is 12.6. The molecule has 0 unspecified atom stereocenters. The van der Waals surface area contributed by atoms with Crippen molar-refractivity contribution in [3.05, 3.63) is 81.4 Å². The van der Waals surface area contributed by atoms with Crippen LogP contribution in [0.1, 0.15) is 38.7 Å². The Labute approximate surface area is 155 Å². The van der Waals surface area contributed by atoms with Crippen molar-refractivity contribution in [1.82, 2.24) is 9.55 Å². The highest BCUT2D eigenvalue weighted by Crippen LogP contribution is 2.30. The standard InChI is InChI=1S/C20H13ClN4O/c1-12-18(11-26)25-17-7-6-13(9-22)8-15(17)20(23-10-19(25)24-12)14-4-2-3-5-16(14)21/h2-8,11H,10H2,1H3. The van der Waals surface area contributed by atoms with E-state index in [2.05, 4.69) is 11.1 Å². The first-order valence-corrected chi connectivity index (χ1v) is 8.39. The minimum absolute atomic E-state index is 0.311. The highest BCUT2D eigenvalue weighted by atomic mass is 35.5. The second-order valence-electron chi connectivity index (χ2n) is 5.94. The highest BCUT2D eigenvalue weighted by molar-refractivity contribution is 6.35. The lowest BCUT2D eigenvalue weighted by Crippen LogP contribution is -2.10. The Hall–Kier alpha value is -3.23. The molecule has 0 fully saturated rings. The Morgan fingerprint density at radius 2 is 2.04 bits per heavy atom. The quantitative estimate of drug-likeness (QED) is 0.651. The third kappa shape index (κ3) is 2.43. The van der Waals surface area contributed by atoms with Crippen LogP contribution in [0.25, 0.3) is 5.69 Å². The lowest BCUT2D eigenvalue weighted by Gasteiger charge is -2.14. The maximum absolute atomic E-state index is 11.6. The Morgan fingerprint density at radius 3 is 2.77 bits per heavy atom. The molecule has 0 saturated heterocycles. The van der Waals surface area contributed by atoms with Gasteiger partial charge in [0.2, 0.25) is 0 Å². The second-order valence-corrected chi connectivity index (χ2v) is 6.35. The van der Waals surface area contributed by atoms with Crippen molar-refractivity contribution >= 4 is 23.6 Å². The summed E-state index contributed by atoms with van der Waals surface area (Å²) in [5, 5.41) is 9.90. The zero-order valence-electron chi connectivity index (χ0n) is 13.9. The molecule has 1 aliphatic heterocycles. The van der Waals surface area contributed by atoms with Crippen molar-refractivity contribution in [2.45, 2.75) is 13.5 Å². The molecule has 4 rings (SSSR count). The molecule has 0 aliphatic carbocycles. The third-order valence-electron chi connectivity index (χ3n) is 4.41. The van der Waals surface area contributed by atoms with Crippen LogP contribution in [0.15, 0.2) is 47.5 Å². The molecule has 0 spiro atoms. The van der Waals surface area contributed by atoms with E-state index in [1.165, 1.54) is 0 Å². The number of halogens is 1. The molecule has 26 heavy (non-hydrogen) atoms. The van der Waals surface area contributed by atoms with Crippen LogP contribution >= 0.6 is 11.6 Å². The molecular weight excluding hydrogens is 348 g/mol. The van der Waals surface area contributed by atoms with Crippen molar-refractivity contribution < 1.29 is 4.79 Å². The molecule has 3 aromatic rings. The van der Waals surface area contributed by atoms with E-state index < -0.39 is 0 Å². The van der Waals surface area contributed by atoms with E-state index in [9.17, 15) is 10.1 Å². The van der Waals surface area contributed by atoms with Crippen LogP contribution in [-0.4, -0.2) is 21.5 Å². The van der Waals surface area contributed by atoms with E-state index in [1.54, 1.807) is 25.1 Å². The number of rotatable bonds is 2. The van der Waals surface area contributed by atoms with Gasteiger partial charge in [-0.05, 0) is 31.2 Å². The summed E-state index contributed by atoms with van der Waals surface area (Å²) >= 11 is 6.40. The van der Waals surface area contributed by atoms with E-state index in [4.69, 9.17) is 16.6 Å². The van der Waals surface area contributed by atoms with Gasteiger partial charge in [0.1, 0.15) is 11.5 Å². The molecule has 2 heterocycles. The number of aryl methyl sites for hydroxylation is 1. The number of nitrogens with zero attached hydrogens (tertiary/aromatic N) is 4. The van der Waals surface area contributed by atoms with Crippen molar-refractivity contribution in [1.29, 1.82) is 5.26 Å². The summed E-state index contributed by atoms with van der Waals surface area (Å²) in [6.45, 7) is 2.11. The number of fused-ring (bicyclic) bond motifs is 3. The van der Waals surface area contributed by atoms with Gasteiger partial charge in [-0.1, -0.05) is 29.8 Å². The third-order valence-corrected chi connectivity index (χ3v) is 4.74. The summed E-state index contributed by atoms with van der Waals surface area (Å²) in [5.74, 6) is 0.678. The molecule has 2 aromatic carbocycles. The molecule has 0 saturated carbocycles.